The molecule has 0 amide bonds. The van der Waals surface area contributed by atoms with Crippen molar-refractivity contribution in [2.24, 2.45) is 0 Å². The van der Waals surface area contributed by atoms with Gasteiger partial charge in [-0.1, -0.05) is 30.3 Å². The topological polar surface area (TPSA) is 18.5 Å². The van der Waals surface area contributed by atoms with Crippen LogP contribution in [0.4, 0.5) is 0 Å². The minimum absolute atomic E-state index is 0.353. The van der Waals surface area contributed by atoms with Crippen molar-refractivity contribution in [3.8, 4) is 0 Å². The van der Waals surface area contributed by atoms with E-state index in [9.17, 15) is 0 Å². The highest BCUT2D eigenvalue weighted by atomic mass is 29.2. The van der Waals surface area contributed by atoms with E-state index >= 15 is 0 Å². The van der Waals surface area contributed by atoms with E-state index in [1.54, 1.807) is 0 Å². The number of hydrogen-bond donors (Lipinski definition) is 0. The zero-order valence-corrected chi connectivity index (χ0v) is 15.5. The van der Waals surface area contributed by atoms with Gasteiger partial charge in [0.15, 0.2) is 26.9 Å². The Hall–Kier alpha value is 0.00753. The highest BCUT2D eigenvalue weighted by Crippen LogP contribution is 2.02. The Morgan fingerprint density at radius 1 is 1.27 bits per heavy atom. The molecule has 0 fully saturated rings. The highest BCUT2D eigenvalue weighted by Gasteiger charge is 2.12. The maximum Gasteiger partial charge on any atom is 0.177 e. The summed E-state index contributed by atoms with van der Waals surface area (Å²) in [7, 11) is -1.28. The molecule has 1 unspecified atom stereocenters. The maximum atomic E-state index is 5.90. The molecule has 0 aliphatic heterocycles. The molecule has 0 saturated carbocycles. The van der Waals surface area contributed by atoms with Crippen LogP contribution in [0.5, 0.6) is 0 Å². The maximum absolute atomic E-state index is 5.90. The Kier molecular flexibility index (Phi) is 6.37. The van der Waals surface area contributed by atoms with E-state index < -0.39 is 17.6 Å². The Balaban J connectivity index is 2.40. The molecular formula is C9H20O2Si4. The number of hydrogen-bond acceptors (Lipinski definition) is 2. The van der Waals surface area contributed by atoms with Gasteiger partial charge >= 0.3 is 0 Å². The fourth-order valence-electron chi connectivity index (χ4n) is 1.39. The molecule has 0 aliphatic rings. The van der Waals surface area contributed by atoms with Crippen LogP contribution in [0.15, 0.2) is 30.3 Å². The quantitative estimate of drug-likeness (QED) is 0.642. The lowest BCUT2D eigenvalue weighted by molar-refractivity contribution is 0.604. The van der Waals surface area contributed by atoms with Crippen LogP contribution in [0.3, 0.4) is 0 Å². The van der Waals surface area contributed by atoms with E-state index in [1.807, 2.05) is 0 Å². The van der Waals surface area contributed by atoms with Gasteiger partial charge in [0, 0.05) is 0 Å². The molecule has 0 aromatic heterocycles. The lowest BCUT2D eigenvalue weighted by Crippen LogP contribution is -2.33. The molecule has 1 rings (SSSR count). The van der Waals surface area contributed by atoms with Crippen LogP contribution in [0.1, 0.15) is 5.56 Å². The van der Waals surface area contributed by atoms with Crippen molar-refractivity contribution in [3.63, 3.8) is 0 Å². The molecule has 0 saturated heterocycles. The molecule has 1 atom stereocenters. The van der Waals surface area contributed by atoms with E-state index in [4.69, 9.17) is 8.23 Å². The lowest BCUT2D eigenvalue weighted by atomic mass is 10.2. The van der Waals surface area contributed by atoms with E-state index in [1.165, 1.54) is 5.56 Å². The fraction of sp³-hybridized carbons (Fsp3) is 0.333. The first kappa shape index (κ1) is 13.1. The van der Waals surface area contributed by atoms with E-state index in [0.717, 1.165) is 16.5 Å². The zero-order valence-electron chi connectivity index (χ0n) is 9.77. The summed E-state index contributed by atoms with van der Waals surface area (Å²) in [4.78, 5) is 0. The summed E-state index contributed by atoms with van der Waals surface area (Å²) in [6, 6.07) is 11.8. The van der Waals surface area contributed by atoms with Gasteiger partial charge in [-0.05, 0) is 24.7 Å². The van der Waals surface area contributed by atoms with Crippen molar-refractivity contribution < 1.29 is 8.23 Å². The van der Waals surface area contributed by atoms with Gasteiger partial charge < -0.3 is 8.23 Å². The second kappa shape index (κ2) is 7.31. The van der Waals surface area contributed by atoms with Gasteiger partial charge in [0.1, 0.15) is 10.5 Å². The summed E-state index contributed by atoms with van der Waals surface area (Å²) >= 11 is 0. The van der Waals surface area contributed by atoms with Crippen molar-refractivity contribution in [1.82, 2.24) is 0 Å². The molecule has 0 aliphatic carbocycles. The first-order valence-electron chi connectivity index (χ1n) is 5.40. The molecule has 84 valence electrons. The van der Waals surface area contributed by atoms with Gasteiger partial charge in [0.25, 0.3) is 0 Å². The molecular weight excluding hydrogens is 252 g/mol. The summed E-state index contributed by atoms with van der Waals surface area (Å²) in [5, 5.41) is 0. The van der Waals surface area contributed by atoms with Crippen molar-refractivity contribution >= 4 is 37.4 Å². The molecule has 6 heteroatoms. The van der Waals surface area contributed by atoms with Gasteiger partial charge in [0.2, 0.25) is 0 Å². The molecule has 1 aromatic rings. The van der Waals surface area contributed by atoms with Crippen molar-refractivity contribution in [3.05, 3.63) is 35.9 Å². The summed E-state index contributed by atoms with van der Waals surface area (Å²) in [6.45, 7) is 4.49. The number of benzene rings is 1. The Bertz CT molecular complexity index is 268. The highest BCUT2D eigenvalue weighted by molar-refractivity contribution is 7.08. The van der Waals surface area contributed by atoms with Gasteiger partial charge in [0.05, 0.1) is 0 Å². The molecule has 1 aromatic carbocycles. The van der Waals surface area contributed by atoms with Gasteiger partial charge in [-0.25, -0.2) is 0 Å². The Morgan fingerprint density at radius 3 is 2.47 bits per heavy atom. The molecule has 0 radical (unpaired) electrons. The van der Waals surface area contributed by atoms with Crippen molar-refractivity contribution in [2.75, 3.05) is 0 Å². The molecule has 0 N–H and O–H groups in total. The second-order valence-corrected chi connectivity index (χ2v) is 15.0. The summed E-state index contributed by atoms with van der Waals surface area (Å²) in [5.41, 5.74) is 1.42. The van der Waals surface area contributed by atoms with Crippen LogP contribution in [0, 0.1) is 0 Å². The standard InChI is InChI=1S/C9H20O2Si4/c1-14(2)11-13-15(10-12)8-9-6-4-3-5-7-9/h3-7,14-15H,8,13H2,1-2,12H3. The predicted octanol–water partition coefficient (Wildman–Crippen LogP) is -0.630. The SMILES string of the molecule is C[SiH](C)O[SiH2][SiH](Cc1ccccc1)O[SiH3]. The normalized spacial score (nSPS) is 14.1. The summed E-state index contributed by atoms with van der Waals surface area (Å²) in [6.07, 6.45) is 0. The molecule has 2 nitrogen and oxygen atoms in total. The molecule has 0 heterocycles. The Morgan fingerprint density at radius 2 is 1.93 bits per heavy atom. The van der Waals surface area contributed by atoms with E-state index in [-0.39, 0.29) is 9.28 Å². The largest absolute Gasteiger partial charge is 0.466 e. The predicted molar refractivity (Wildman–Crippen MR) is 76.8 cm³/mol. The van der Waals surface area contributed by atoms with Crippen LogP contribution in [-0.4, -0.2) is 37.4 Å². The van der Waals surface area contributed by atoms with Crippen LogP contribution in [0.2, 0.25) is 13.1 Å². The van der Waals surface area contributed by atoms with Crippen molar-refractivity contribution in [2.45, 2.75) is 19.1 Å². The minimum Gasteiger partial charge on any atom is -0.466 e. The van der Waals surface area contributed by atoms with E-state index in [0.29, 0.717) is 0 Å². The third kappa shape index (κ3) is 5.59. The first-order valence-corrected chi connectivity index (χ1v) is 14.1. The smallest absolute Gasteiger partial charge is 0.177 e. The molecule has 15 heavy (non-hydrogen) atoms. The molecule has 0 spiro atoms. The third-order valence-corrected chi connectivity index (χ3v) is 16.4. The zero-order chi connectivity index (χ0) is 11.1. The van der Waals surface area contributed by atoms with Gasteiger partial charge in [-0.15, -0.1) is 0 Å². The third-order valence-electron chi connectivity index (χ3n) is 2.25. The molecule has 0 bridgehead atoms. The minimum atomic E-state index is -0.983. The van der Waals surface area contributed by atoms with Crippen molar-refractivity contribution in [1.29, 1.82) is 0 Å². The summed E-state index contributed by atoms with van der Waals surface area (Å²) in [5.74, 6) is 0. The monoisotopic (exact) mass is 272 g/mol. The first-order chi connectivity index (χ1) is 7.22. The summed E-state index contributed by atoms with van der Waals surface area (Å²) < 4.78 is 11.6. The van der Waals surface area contributed by atoms with E-state index in [2.05, 4.69) is 43.4 Å². The Labute approximate surface area is 101 Å². The average Bonchev–Trinajstić information content (AvgIpc) is 2.25. The lowest BCUT2D eigenvalue weighted by Gasteiger charge is -2.15. The van der Waals surface area contributed by atoms with Crippen LogP contribution in [-0.2, 0) is 14.3 Å². The van der Waals surface area contributed by atoms with Crippen LogP contribution >= 0.6 is 0 Å². The van der Waals surface area contributed by atoms with Gasteiger partial charge in [-0.2, -0.15) is 0 Å². The average molecular weight is 273 g/mol. The van der Waals surface area contributed by atoms with Crippen LogP contribution < -0.4 is 0 Å². The van der Waals surface area contributed by atoms with Gasteiger partial charge in [-0.3, -0.25) is 0 Å². The van der Waals surface area contributed by atoms with Crippen LogP contribution in [0.25, 0.3) is 0 Å². The number of rotatable bonds is 6. The second-order valence-electron chi connectivity index (χ2n) is 3.93. The fourth-order valence-corrected chi connectivity index (χ4v) is 13.9.